The summed E-state index contributed by atoms with van der Waals surface area (Å²) in [6.45, 7) is 9.68. The van der Waals surface area contributed by atoms with Crippen molar-refractivity contribution in [3.8, 4) is 0 Å². The molecule has 1 N–H and O–H groups in total. The minimum atomic E-state index is -0.441. The highest BCUT2D eigenvalue weighted by Crippen LogP contribution is 2.08. The van der Waals surface area contributed by atoms with Crippen LogP contribution in [0.1, 0.15) is 40.5 Å². The number of amides is 1. The molecule has 0 unspecified atom stereocenters. The second kappa shape index (κ2) is 6.02. The molecule has 3 nitrogen and oxygen atoms in total. The summed E-state index contributed by atoms with van der Waals surface area (Å²) in [7, 11) is 1.82. The molecule has 0 saturated heterocycles. The highest BCUT2D eigenvalue weighted by Gasteiger charge is 2.28. The van der Waals surface area contributed by atoms with Gasteiger partial charge in [-0.1, -0.05) is 13.3 Å². The first-order chi connectivity index (χ1) is 6.49. The van der Waals surface area contributed by atoms with Crippen LogP contribution in [0.25, 0.3) is 0 Å². The van der Waals surface area contributed by atoms with E-state index in [9.17, 15) is 4.79 Å². The normalized spacial score (nSPS) is 11.5. The van der Waals surface area contributed by atoms with Crippen LogP contribution in [0.3, 0.4) is 0 Å². The first-order valence-electron chi connectivity index (χ1n) is 5.47. The smallest absolute Gasteiger partial charge is 0.242 e. The fraction of sp³-hybridized carbons (Fsp3) is 0.909. The fourth-order valence-electron chi connectivity index (χ4n) is 1.25. The molecule has 14 heavy (non-hydrogen) atoms. The van der Waals surface area contributed by atoms with Gasteiger partial charge >= 0.3 is 0 Å². The maximum absolute atomic E-state index is 12.0. The lowest BCUT2D eigenvalue weighted by Crippen LogP contribution is -2.52. The first kappa shape index (κ1) is 13.4. The van der Waals surface area contributed by atoms with Gasteiger partial charge in [0.05, 0.1) is 5.54 Å². The number of nitrogens with zero attached hydrogens (tertiary/aromatic N) is 1. The molecule has 0 fully saturated rings. The molecule has 0 atom stereocenters. The van der Waals surface area contributed by atoms with Crippen LogP contribution in [0.2, 0.25) is 0 Å². The lowest BCUT2D eigenvalue weighted by atomic mass is 10.0. The zero-order valence-corrected chi connectivity index (χ0v) is 10.2. The second-order valence-corrected chi connectivity index (χ2v) is 4.11. The number of rotatable bonds is 6. The number of likely N-dealkylation sites (N-methyl/N-ethyl adjacent to an activating group) is 2. The topological polar surface area (TPSA) is 32.3 Å². The quantitative estimate of drug-likeness (QED) is 0.707. The molecule has 0 aromatic rings. The lowest BCUT2D eigenvalue weighted by molar-refractivity contribution is -0.136. The Morgan fingerprint density at radius 1 is 1.36 bits per heavy atom. The van der Waals surface area contributed by atoms with Crippen LogP contribution in [0.4, 0.5) is 0 Å². The van der Waals surface area contributed by atoms with Crippen molar-refractivity contribution < 1.29 is 4.79 Å². The van der Waals surface area contributed by atoms with E-state index in [4.69, 9.17) is 0 Å². The van der Waals surface area contributed by atoms with Crippen molar-refractivity contribution in [3.63, 3.8) is 0 Å². The standard InChI is InChI=1S/C11H24N2O/c1-6-8-9-13(7-2)10(14)11(3,4)12-5/h12H,6-9H2,1-5H3. The van der Waals surface area contributed by atoms with Gasteiger partial charge in [0.15, 0.2) is 0 Å². The van der Waals surface area contributed by atoms with Crippen molar-refractivity contribution in [3.05, 3.63) is 0 Å². The van der Waals surface area contributed by atoms with Crippen molar-refractivity contribution in [2.45, 2.75) is 46.1 Å². The van der Waals surface area contributed by atoms with E-state index in [1.54, 1.807) is 0 Å². The van der Waals surface area contributed by atoms with E-state index in [0.717, 1.165) is 25.9 Å². The largest absolute Gasteiger partial charge is 0.341 e. The Balaban J connectivity index is 4.30. The summed E-state index contributed by atoms with van der Waals surface area (Å²) in [6, 6.07) is 0. The highest BCUT2D eigenvalue weighted by atomic mass is 16.2. The number of nitrogens with one attached hydrogen (secondary N) is 1. The van der Waals surface area contributed by atoms with E-state index in [2.05, 4.69) is 12.2 Å². The number of hydrogen-bond acceptors (Lipinski definition) is 2. The Bertz CT molecular complexity index is 178. The van der Waals surface area contributed by atoms with Crippen molar-refractivity contribution in [2.24, 2.45) is 0 Å². The Morgan fingerprint density at radius 3 is 2.29 bits per heavy atom. The molecular weight excluding hydrogens is 176 g/mol. The molecule has 0 aliphatic rings. The summed E-state index contributed by atoms with van der Waals surface area (Å²) < 4.78 is 0. The summed E-state index contributed by atoms with van der Waals surface area (Å²) in [6.07, 6.45) is 2.21. The summed E-state index contributed by atoms with van der Waals surface area (Å²) in [4.78, 5) is 13.9. The van der Waals surface area contributed by atoms with Crippen LogP contribution in [0.15, 0.2) is 0 Å². The molecule has 1 amide bonds. The van der Waals surface area contributed by atoms with Crippen molar-refractivity contribution >= 4 is 5.91 Å². The van der Waals surface area contributed by atoms with E-state index in [1.165, 1.54) is 0 Å². The molecule has 0 spiro atoms. The van der Waals surface area contributed by atoms with Crippen molar-refractivity contribution in [1.29, 1.82) is 0 Å². The first-order valence-corrected chi connectivity index (χ1v) is 5.47. The van der Waals surface area contributed by atoms with Gasteiger partial charge in [-0.3, -0.25) is 4.79 Å². The molecule has 0 bridgehead atoms. The Kier molecular flexibility index (Phi) is 5.77. The third-order valence-corrected chi connectivity index (χ3v) is 2.61. The third kappa shape index (κ3) is 3.66. The molecule has 3 heteroatoms. The van der Waals surface area contributed by atoms with Gasteiger partial charge in [-0.2, -0.15) is 0 Å². The highest BCUT2D eigenvalue weighted by molar-refractivity contribution is 5.85. The van der Waals surface area contributed by atoms with Gasteiger partial charge in [0.1, 0.15) is 0 Å². The number of unbranched alkanes of at least 4 members (excludes halogenated alkanes) is 1. The Morgan fingerprint density at radius 2 is 1.93 bits per heavy atom. The molecular formula is C11H24N2O. The minimum Gasteiger partial charge on any atom is -0.341 e. The molecule has 0 rings (SSSR count). The summed E-state index contributed by atoms with van der Waals surface area (Å²) in [5.74, 6) is 0.191. The maximum atomic E-state index is 12.0. The minimum absolute atomic E-state index is 0.191. The predicted molar refractivity (Wildman–Crippen MR) is 60.3 cm³/mol. The summed E-state index contributed by atoms with van der Waals surface area (Å²) in [5, 5.41) is 3.04. The van der Waals surface area contributed by atoms with E-state index in [0.29, 0.717) is 0 Å². The van der Waals surface area contributed by atoms with Gasteiger partial charge < -0.3 is 10.2 Å². The van der Waals surface area contributed by atoms with Crippen molar-refractivity contribution in [1.82, 2.24) is 10.2 Å². The monoisotopic (exact) mass is 200 g/mol. The van der Waals surface area contributed by atoms with Gasteiger partial charge in [0.25, 0.3) is 0 Å². The van der Waals surface area contributed by atoms with Crippen LogP contribution < -0.4 is 5.32 Å². The van der Waals surface area contributed by atoms with Crippen LogP contribution in [0, 0.1) is 0 Å². The van der Waals surface area contributed by atoms with E-state index < -0.39 is 5.54 Å². The van der Waals surface area contributed by atoms with Crippen LogP contribution in [0.5, 0.6) is 0 Å². The molecule has 84 valence electrons. The zero-order valence-electron chi connectivity index (χ0n) is 10.2. The Labute approximate surface area is 87.9 Å². The van der Waals surface area contributed by atoms with Gasteiger partial charge in [-0.05, 0) is 34.2 Å². The second-order valence-electron chi connectivity index (χ2n) is 4.11. The summed E-state index contributed by atoms with van der Waals surface area (Å²) in [5.41, 5.74) is -0.441. The zero-order chi connectivity index (χ0) is 11.2. The van der Waals surface area contributed by atoms with Crippen LogP contribution in [-0.4, -0.2) is 36.5 Å². The number of carbonyl (C=O) groups is 1. The van der Waals surface area contributed by atoms with Crippen LogP contribution >= 0.6 is 0 Å². The van der Waals surface area contributed by atoms with Gasteiger partial charge in [0, 0.05) is 13.1 Å². The molecule has 0 aliphatic heterocycles. The predicted octanol–water partition coefficient (Wildman–Crippen LogP) is 1.63. The van der Waals surface area contributed by atoms with Crippen molar-refractivity contribution in [2.75, 3.05) is 20.1 Å². The summed E-state index contributed by atoms with van der Waals surface area (Å²) >= 11 is 0. The number of hydrogen-bond donors (Lipinski definition) is 1. The van der Waals surface area contributed by atoms with E-state index >= 15 is 0 Å². The van der Waals surface area contributed by atoms with Gasteiger partial charge in [-0.15, -0.1) is 0 Å². The lowest BCUT2D eigenvalue weighted by Gasteiger charge is -2.31. The SMILES string of the molecule is CCCCN(CC)C(=O)C(C)(C)NC. The molecule has 0 radical (unpaired) electrons. The van der Waals surface area contributed by atoms with E-state index in [1.807, 2.05) is 32.7 Å². The molecule has 0 aliphatic carbocycles. The van der Waals surface area contributed by atoms with Gasteiger partial charge in [-0.25, -0.2) is 0 Å². The van der Waals surface area contributed by atoms with E-state index in [-0.39, 0.29) is 5.91 Å². The Hall–Kier alpha value is -0.570. The van der Waals surface area contributed by atoms with Crippen LogP contribution in [-0.2, 0) is 4.79 Å². The molecule has 0 aromatic heterocycles. The average molecular weight is 200 g/mol. The molecule has 0 heterocycles. The number of carbonyl (C=O) groups excluding carboxylic acids is 1. The molecule has 0 aromatic carbocycles. The molecule has 0 saturated carbocycles. The fourth-order valence-corrected chi connectivity index (χ4v) is 1.25. The van der Waals surface area contributed by atoms with Gasteiger partial charge in [0.2, 0.25) is 5.91 Å². The average Bonchev–Trinajstić information content (AvgIpc) is 2.18. The third-order valence-electron chi connectivity index (χ3n) is 2.61. The maximum Gasteiger partial charge on any atom is 0.242 e.